The Kier molecular flexibility index (Phi) is 4.94. The van der Waals surface area contributed by atoms with Gasteiger partial charge in [-0.3, -0.25) is 0 Å². The number of hydrogen-bond acceptors (Lipinski definition) is 1. The van der Waals surface area contributed by atoms with E-state index in [0.29, 0.717) is 5.92 Å². The van der Waals surface area contributed by atoms with Crippen molar-refractivity contribution in [2.75, 3.05) is 0 Å². The highest BCUT2D eigenvalue weighted by Gasteiger charge is 2.20. The molecule has 1 heteroatoms. The van der Waals surface area contributed by atoms with Crippen LogP contribution >= 0.6 is 0 Å². The van der Waals surface area contributed by atoms with Gasteiger partial charge in [-0.2, -0.15) is 0 Å². The van der Waals surface area contributed by atoms with Crippen molar-refractivity contribution >= 4 is 0 Å². The minimum Gasteiger partial charge on any atom is -0.393 e. The quantitative estimate of drug-likeness (QED) is 0.808. The molecule has 0 heterocycles. The summed E-state index contributed by atoms with van der Waals surface area (Å²) in [5, 5.41) is 9.63. The highest BCUT2D eigenvalue weighted by molar-refractivity contribution is 5.64. The van der Waals surface area contributed by atoms with Crippen LogP contribution in [0.5, 0.6) is 0 Å². The normalized spacial score (nSPS) is 21.7. The van der Waals surface area contributed by atoms with Gasteiger partial charge in [-0.05, 0) is 60.3 Å². The Labute approximate surface area is 134 Å². The van der Waals surface area contributed by atoms with Crippen molar-refractivity contribution in [3.8, 4) is 11.1 Å². The molecular weight excluding hydrogens is 268 g/mol. The minimum absolute atomic E-state index is 0.0721. The third kappa shape index (κ3) is 3.59. The van der Waals surface area contributed by atoms with E-state index in [4.69, 9.17) is 0 Å². The molecule has 2 aromatic carbocycles. The van der Waals surface area contributed by atoms with Gasteiger partial charge in [0.05, 0.1) is 6.10 Å². The fraction of sp³-hybridized carbons (Fsp3) is 0.429. The highest BCUT2D eigenvalue weighted by atomic mass is 16.3. The lowest BCUT2D eigenvalue weighted by atomic mass is 9.82. The molecule has 1 N–H and O–H groups in total. The lowest BCUT2D eigenvalue weighted by Gasteiger charge is -2.25. The average Bonchev–Trinajstić information content (AvgIpc) is 2.57. The lowest BCUT2D eigenvalue weighted by molar-refractivity contribution is 0.122. The lowest BCUT2D eigenvalue weighted by Crippen LogP contribution is -2.16. The summed E-state index contributed by atoms with van der Waals surface area (Å²) in [5.41, 5.74) is 5.44. The van der Waals surface area contributed by atoms with Crippen LogP contribution < -0.4 is 0 Å². The van der Waals surface area contributed by atoms with Crippen LogP contribution in [-0.2, 0) is 6.42 Å². The zero-order valence-corrected chi connectivity index (χ0v) is 13.5. The van der Waals surface area contributed by atoms with Crippen molar-refractivity contribution < 1.29 is 5.11 Å². The maximum Gasteiger partial charge on any atom is 0.0540 e. The highest BCUT2D eigenvalue weighted by Crippen LogP contribution is 2.33. The second-order valence-corrected chi connectivity index (χ2v) is 6.57. The zero-order valence-electron chi connectivity index (χ0n) is 13.5. The van der Waals surface area contributed by atoms with Crippen LogP contribution in [0.2, 0.25) is 0 Å². The summed E-state index contributed by atoms with van der Waals surface area (Å²) in [6, 6.07) is 18.0. The summed E-state index contributed by atoms with van der Waals surface area (Å²) in [6.07, 6.45) is 6.42. The number of aryl methyl sites for hydroxylation is 1. The predicted octanol–water partition coefficient (Wildman–Crippen LogP) is 5.32. The molecule has 116 valence electrons. The summed E-state index contributed by atoms with van der Waals surface area (Å²) in [4.78, 5) is 0. The summed E-state index contributed by atoms with van der Waals surface area (Å²) in [5.74, 6) is 0.629. The number of benzene rings is 2. The third-order valence-corrected chi connectivity index (χ3v) is 4.90. The van der Waals surface area contributed by atoms with Crippen molar-refractivity contribution in [2.24, 2.45) is 0 Å². The molecule has 1 saturated carbocycles. The molecule has 1 aliphatic rings. The molecule has 3 rings (SSSR count). The van der Waals surface area contributed by atoms with Crippen molar-refractivity contribution in [3.63, 3.8) is 0 Å². The Morgan fingerprint density at radius 2 is 1.36 bits per heavy atom. The summed E-state index contributed by atoms with van der Waals surface area (Å²) < 4.78 is 0. The Balaban J connectivity index is 1.70. The molecule has 22 heavy (non-hydrogen) atoms. The van der Waals surface area contributed by atoms with E-state index >= 15 is 0 Å². The first-order chi connectivity index (χ1) is 10.8. The summed E-state index contributed by atoms with van der Waals surface area (Å²) in [7, 11) is 0. The number of hydrogen-bond donors (Lipinski definition) is 1. The van der Waals surface area contributed by atoms with Gasteiger partial charge in [0.15, 0.2) is 0 Å². The Morgan fingerprint density at radius 3 is 1.91 bits per heavy atom. The van der Waals surface area contributed by atoms with E-state index in [1.54, 1.807) is 0 Å². The monoisotopic (exact) mass is 294 g/mol. The Bertz CT molecular complexity index is 574. The fourth-order valence-electron chi connectivity index (χ4n) is 3.51. The van der Waals surface area contributed by atoms with Gasteiger partial charge in [0.25, 0.3) is 0 Å². The first-order valence-corrected chi connectivity index (χ1v) is 8.63. The van der Waals surface area contributed by atoms with Gasteiger partial charge in [-0.25, -0.2) is 0 Å². The van der Waals surface area contributed by atoms with Crippen LogP contribution in [0.25, 0.3) is 11.1 Å². The molecule has 0 unspecified atom stereocenters. The van der Waals surface area contributed by atoms with E-state index < -0.39 is 0 Å². The second kappa shape index (κ2) is 7.11. The van der Waals surface area contributed by atoms with E-state index in [9.17, 15) is 5.11 Å². The standard InChI is InChI=1S/C21H26O/c1-2-3-16-4-6-17(7-5-16)18-8-10-19(11-9-18)20-12-14-21(22)15-13-20/h4-11,20-22H,2-3,12-15H2,1H3. The molecule has 0 saturated heterocycles. The van der Waals surface area contributed by atoms with Crippen LogP contribution in [0.4, 0.5) is 0 Å². The van der Waals surface area contributed by atoms with Crippen LogP contribution in [0, 0.1) is 0 Å². The van der Waals surface area contributed by atoms with E-state index in [-0.39, 0.29) is 6.10 Å². The molecular formula is C21H26O. The number of aliphatic hydroxyl groups is 1. The molecule has 0 amide bonds. The van der Waals surface area contributed by atoms with Crippen LogP contribution in [-0.4, -0.2) is 11.2 Å². The van der Waals surface area contributed by atoms with Crippen LogP contribution in [0.1, 0.15) is 56.1 Å². The third-order valence-electron chi connectivity index (χ3n) is 4.90. The Morgan fingerprint density at radius 1 is 0.818 bits per heavy atom. The second-order valence-electron chi connectivity index (χ2n) is 6.57. The molecule has 0 bridgehead atoms. The topological polar surface area (TPSA) is 20.2 Å². The number of rotatable bonds is 4. The van der Waals surface area contributed by atoms with Gasteiger partial charge >= 0.3 is 0 Å². The van der Waals surface area contributed by atoms with Crippen molar-refractivity contribution in [2.45, 2.75) is 57.5 Å². The van der Waals surface area contributed by atoms with E-state index in [1.807, 2.05) is 0 Å². The van der Waals surface area contributed by atoms with Gasteiger partial charge in [0.2, 0.25) is 0 Å². The van der Waals surface area contributed by atoms with Gasteiger partial charge in [0.1, 0.15) is 0 Å². The predicted molar refractivity (Wildman–Crippen MR) is 93.1 cm³/mol. The molecule has 0 aliphatic heterocycles. The Hall–Kier alpha value is -1.60. The van der Waals surface area contributed by atoms with Crippen molar-refractivity contribution in [1.29, 1.82) is 0 Å². The van der Waals surface area contributed by atoms with Gasteiger partial charge in [0, 0.05) is 0 Å². The van der Waals surface area contributed by atoms with Crippen LogP contribution in [0.15, 0.2) is 48.5 Å². The maximum absolute atomic E-state index is 9.63. The van der Waals surface area contributed by atoms with Gasteiger partial charge in [-0.1, -0.05) is 61.9 Å². The molecule has 0 atom stereocenters. The molecule has 1 fully saturated rings. The minimum atomic E-state index is -0.0721. The summed E-state index contributed by atoms with van der Waals surface area (Å²) >= 11 is 0. The van der Waals surface area contributed by atoms with Crippen molar-refractivity contribution in [1.82, 2.24) is 0 Å². The van der Waals surface area contributed by atoms with Crippen molar-refractivity contribution in [3.05, 3.63) is 59.7 Å². The van der Waals surface area contributed by atoms with Crippen LogP contribution in [0.3, 0.4) is 0 Å². The van der Waals surface area contributed by atoms with E-state index in [1.165, 1.54) is 28.7 Å². The summed E-state index contributed by atoms with van der Waals surface area (Å²) in [6.45, 7) is 2.22. The van der Waals surface area contributed by atoms with E-state index in [2.05, 4.69) is 55.5 Å². The fourth-order valence-corrected chi connectivity index (χ4v) is 3.51. The molecule has 0 radical (unpaired) electrons. The number of aliphatic hydroxyl groups excluding tert-OH is 1. The molecule has 0 aromatic heterocycles. The maximum atomic E-state index is 9.63. The average molecular weight is 294 g/mol. The zero-order chi connectivity index (χ0) is 15.4. The largest absolute Gasteiger partial charge is 0.393 e. The smallest absolute Gasteiger partial charge is 0.0540 e. The first kappa shape index (κ1) is 15.3. The van der Waals surface area contributed by atoms with Gasteiger partial charge < -0.3 is 5.11 Å². The molecule has 1 nitrogen and oxygen atoms in total. The van der Waals surface area contributed by atoms with Gasteiger partial charge in [-0.15, -0.1) is 0 Å². The molecule has 0 spiro atoms. The molecule has 1 aliphatic carbocycles. The SMILES string of the molecule is CCCc1ccc(-c2ccc(C3CCC(O)CC3)cc2)cc1. The first-order valence-electron chi connectivity index (χ1n) is 8.63. The van der Waals surface area contributed by atoms with E-state index in [0.717, 1.165) is 32.1 Å². The molecule has 2 aromatic rings.